The van der Waals surface area contributed by atoms with Gasteiger partial charge in [0.15, 0.2) is 0 Å². The highest BCUT2D eigenvalue weighted by Gasteiger charge is 2.12. The first-order valence-electron chi connectivity index (χ1n) is 5.64. The highest BCUT2D eigenvalue weighted by atomic mass is 14.2. The largest absolute Gasteiger partial charge is 0.0709 e. The summed E-state index contributed by atoms with van der Waals surface area (Å²) in [7, 11) is 0. The number of rotatable bonds is 3. The Hall–Kier alpha value is -1.04. The van der Waals surface area contributed by atoms with E-state index in [1.807, 2.05) is 0 Å². The Kier molecular flexibility index (Phi) is 3.03. The number of hydrogen-bond donors (Lipinski definition) is 0. The number of hydrogen-bond acceptors (Lipinski definition) is 0. The van der Waals surface area contributed by atoms with Crippen LogP contribution in [0.5, 0.6) is 0 Å². The Bertz CT molecular complexity index is 319. The van der Waals surface area contributed by atoms with Crippen molar-refractivity contribution in [3.05, 3.63) is 47.0 Å². The van der Waals surface area contributed by atoms with Crippen molar-refractivity contribution in [3.8, 4) is 0 Å². The molecule has 0 aromatic heterocycles. The van der Waals surface area contributed by atoms with Crippen molar-refractivity contribution in [2.24, 2.45) is 0 Å². The molecule has 0 fully saturated rings. The average Bonchev–Trinajstić information content (AvgIpc) is 2.67. The van der Waals surface area contributed by atoms with Crippen molar-refractivity contribution in [3.63, 3.8) is 0 Å². The quantitative estimate of drug-likeness (QED) is 0.623. The van der Waals surface area contributed by atoms with Gasteiger partial charge in [-0.3, -0.25) is 0 Å². The highest BCUT2D eigenvalue weighted by molar-refractivity contribution is 5.27. The van der Waals surface area contributed by atoms with E-state index in [4.69, 9.17) is 0 Å². The van der Waals surface area contributed by atoms with Crippen molar-refractivity contribution >= 4 is 0 Å². The normalized spacial score (nSPS) is 16.4. The lowest BCUT2D eigenvalue weighted by Gasteiger charge is -2.05. The molecule has 0 nitrogen and oxygen atoms in total. The highest BCUT2D eigenvalue weighted by Crippen LogP contribution is 2.30. The summed E-state index contributed by atoms with van der Waals surface area (Å²) in [6.45, 7) is 2.28. The van der Waals surface area contributed by atoms with Gasteiger partial charge in [0.05, 0.1) is 0 Å². The molecule has 0 heterocycles. The first-order chi connectivity index (χ1) is 6.90. The van der Waals surface area contributed by atoms with Crippen molar-refractivity contribution < 1.29 is 0 Å². The lowest BCUT2D eigenvalue weighted by molar-refractivity contribution is 0.868. The standard InChI is InChI=1S/C14H18/c1-2-13-9-6-10-14(13)11-12-7-4-3-5-8-12/h3-5,7-8H,2,6,9-11H2,1H3. The summed E-state index contributed by atoms with van der Waals surface area (Å²) in [5, 5.41) is 0. The maximum absolute atomic E-state index is 2.28. The molecule has 1 aromatic carbocycles. The molecule has 0 spiro atoms. The second kappa shape index (κ2) is 4.45. The molecule has 0 bridgehead atoms. The van der Waals surface area contributed by atoms with Crippen LogP contribution in [-0.4, -0.2) is 0 Å². The third-order valence-corrected chi connectivity index (χ3v) is 3.14. The van der Waals surface area contributed by atoms with Gasteiger partial charge >= 0.3 is 0 Å². The third-order valence-electron chi connectivity index (χ3n) is 3.14. The lowest BCUT2D eigenvalue weighted by Crippen LogP contribution is -1.89. The molecule has 74 valence electrons. The van der Waals surface area contributed by atoms with Crippen LogP contribution in [0.15, 0.2) is 41.5 Å². The minimum absolute atomic E-state index is 1.18. The molecule has 1 aliphatic rings. The Morgan fingerprint density at radius 2 is 1.71 bits per heavy atom. The summed E-state index contributed by atoms with van der Waals surface area (Å²) in [5.41, 5.74) is 4.89. The predicted octanol–water partition coefficient (Wildman–Crippen LogP) is 4.12. The molecule has 0 saturated heterocycles. The van der Waals surface area contributed by atoms with Crippen LogP contribution in [0.1, 0.15) is 38.2 Å². The summed E-state index contributed by atoms with van der Waals surface area (Å²) in [4.78, 5) is 0. The van der Waals surface area contributed by atoms with Gasteiger partial charge < -0.3 is 0 Å². The maximum Gasteiger partial charge on any atom is -0.00644 e. The van der Waals surface area contributed by atoms with E-state index in [0.717, 1.165) is 0 Å². The number of benzene rings is 1. The van der Waals surface area contributed by atoms with Crippen molar-refractivity contribution in [2.75, 3.05) is 0 Å². The average molecular weight is 186 g/mol. The lowest BCUT2D eigenvalue weighted by atomic mass is 10.0. The van der Waals surface area contributed by atoms with Crippen LogP contribution < -0.4 is 0 Å². The SMILES string of the molecule is CCC1=C(Cc2ccccc2)CCC1. The predicted molar refractivity (Wildman–Crippen MR) is 61.3 cm³/mol. The summed E-state index contributed by atoms with van der Waals surface area (Å²) in [6.07, 6.45) is 6.49. The van der Waals surface area contributed by atoms with Gasteiger partial charge in [0.1, 0.15) is 0 Å². The van der Waals surface area contributed by atoms with Crippen LogP contribution in [0.3, 0.4) is 0 Å². The fourth-order valence-corrected chi connectivity index (χ4v) is 2.35. The minimum Gasteiger partial charge on any atom is -0.0709 e. The van der Waals surface area contributed by atoms with Gasteiger partial charge in [-0.15, -0.1) is 0 Å². The Balaban J connectivity index is 2.11. The zero-order chi connectivity index (χ0) is 9.80. The fraction of sp³-hybridized carbons (Fsp3) is 0.429. The second-order valence-corrected chi connectivity index (χ2v) is 4.08. The van der Waals surface area contributed by atoms with Crippen molar-refractivity contribution in [2.45, 2.75) is 39.0 Å². The first kappa shape index (κ1) is 9.51. The molecule has 0 aliphatic heterocycles. The van der Waals surface area contributed by atoms with Crippen LogP contribution in [0.4, 0.5) is 0 Å². The van der Waals surface area contributed by atoms with Gasteiger partial charge in [-0.1, -0.05) is 48.4 Å². The van der Waals surface area contributed by atoms with E-state index >= 15 is 0 Å². The van der Waals surface area contributed by atoms with Crippen molar-refractivity contribution in [1.29, 1.82) is 0 Å². The van der Waals surface area contributed by atoms with Crippen LogP contribution >= 0.6 is 0 Å². The summed E-state index contributed by atoms with van der Waals surface area (Å²) >= 11 is 0. The van der Waals surface area contributed by atoms with Crippen LogP contribution in [0.2, 0.25) is 0 Å². The molecule has 0 saturated carbocycles. The van der Waals surface area contributed by atoms with E-state index in [2.05, 4.69) is 37.3 Å². The first-order valence-corrected chi connectivity index (χ1v) is 5.64. The van der Waals surface area contributed by atoms with E-state index in [9.17, 15) is 0 Å². The van der Waals surface area contributed by atoms with Gasteiger partial charge in [0.2, 0.25) is 0 Å². The Morgan fingerprint density at radius 1 is 1.00 bits per heavy atom. The zero-order valence-electron chi connectivity index (χ0n) is 8.92. The van der Waals surface area contributed by atoms with E-state index in [1.54, 1.807) is 11.1 Å². The van der Waals surface area contributed by atoms with Gasteiger partial charge in [-0.05, 0) is 37.7 Å². The topological polar surface area (TPSA) is 0 Å². The molecule has 1 aromatic rings. The number of allylic oxidation sites excluding steroid dienone is 2. The summed E-state index contributed by atoms with van der Waals surface area (Å²) in [6, 6.07) is 10.8. The van der Waals surface area contributed by atoms with Crippen molar-refractivity contribution in [1.82, 2.24) is 0 Å². The molecule has 2 rings (SSSR count). The molecule has 0 radical (unpaired) electrons. The van der Waals surface area contributed by atoms with E-state index in [0.29, 0.717) is 0 Å². The van der Waals surface area contributed by atoms with Gasteiger partial charge in [-0.25, -0.2) is 0 Å². The molecular weight excluding hydrogens is 168 g/mol. The zero-order valence-corrected chi connectivity index (χ0v) is 8.92. The van der Waals surface area contributed by atoms with Crippen LogP contribution in [0.25, 0.3) is 0 Å². The molecule has 0 N–H and O–H groups in total. The maximum atomic E-state index is 2.28. The monoisotopic (exact) mass is 186 g/mol. The van der Waals surface area contributed by atoms with Crippen LogP contribution in [-0.2, 0) is 6.42 Å². The smallest absolute Gasteiger partial charge is 0.00644 e. The molecular formula is C14H18. The summed E-state index contributed by atoms with van der Waals surface area (Å²) < 4.78 is 0. The molecule has 0 atom stereocenters. The molecule has 14 heavy (non-hydrogen) atoms. The Morgan fingerprint density at radius 3 is 2.43 bits per heavy atom. The summed E-state index contributed by atoms with van der Waals surface area (Å²) in [5.74, 6) is 0. The molecule has 1 aliphatic carbocycles. The van der Waals surface area contributed by atoms with E-state index < -0.39 is 0 Å². The van der Waals surface area contributed by atoms with E-state index in [-0.39, 0.29) is 0 Å². The van der Waals surface area contributed by atoms with Crippen LogP contribution in [0, 0.1) is 0 Å². The molecule has 0 unspecified atom stereocenters. The minimum atomic E-state index is 1.18. The van der Waals surface area contributed by atoms with Gasteiger partial charge in [-0.2, -0.15) is 0 Å². The fourth-order valence-electron chi connectivity index (χ4n) is 2.35. The van der Waals surface area contributed by atoms with Gasteiger partial charge in [0, 0.05) is 0 Å². The van der Waals surface area contributed by atoms with Gasteiger partial charge in [0.25, 0.3) is 0 Å². The Labute approximate surface area is 86.7 Å². The molecule has 0 amide bonds. The van der Waals surface area contributed by atoms with E-state index in [1.165, 1.54) is 37.7 Å². The molecule has 0 heteroatoms. The second-order valence-electron chi connectivity index (χ2n) is 4.08. The third kappa shape index (κ3) is 2.06.